The van der Waals surface area contributed by atoms with Crippen LogP contribution in [0.15, 0.2) is 0 Å². The predicted octanol–water partition coefficient (Wildman–Crippen LogP) is 0.990. The molecule has 1 amide bonds. The largest absolute Gasteiger partial charge is 0.448 e. The van der Waals surface area contributed by atoms with Crippen LogP contribution in [0.5, 0.6) is 0 Å². The van der Waals surface area contributed by atoms with Crippen molar-refractivity contribution in [3.05, 3.63) is 0 Å². The highest BCUT2D eigenvalue weighted by molar-refractivity contribution is 5.69. The van der Waals surface area contributed by atoms with Crippen LogP contribution in [0.3, 0.4) is 0 Å². The Balaban J connectivity index is 2.42. The number of ether oxygens (including phenoxy) is 1. The highest BCUT2D eigenvalue weighted by Gasteiger charge is 2.29. The Morgan fingerprint density at radius 1 is 1.69 bits per heavy atom. The lowest BCUT2D eigenvalue weighted by Gasteiger charge is -2.26. The third kappa shape index (κ3) is 2.88. The molecule has 0 radical (unpaired) electrons. The predicted molar refractivity (Wildman–Crippen MR) is 48.5 cm³/mol. The second-order valence-electron chi connectivity index (χ2n) is 3.78. The van der Waals surface area contributed by atoms with Gasteiger partial charge >= 0.3 is 6.09 Å². The fraction of sp³-hybridized carbons (Fsp3) is 0.889. The summed E-state index contributed by atoms with van der Waals surface area (Å²) in [6.07, 6.45) is 1.31. The molecule has 0 aromatic carbocycles. The van der Waals surface area contributed by atoms with Crippen molar-refractivity contribution < 1.29 is 14.6 Å². The zero-order valence-corrected chi connectivity index (χ0v) is 8.25. The third-order valence-corrected chi connectivity index (χ3v) is 2.17. The second kappa shape index (κ2) is 3.96. The number of rotatable bonds is 4. The van der Waals surface area contributed by atoms with Gasteiger partial charge in [0.25, 0.3) is 0 Å². The number of amides is 1. The maximum absolute atomic E-state index is 11.0. The van der Waals surface area contributed by atoms with E-state index in [9.17, 15) is 9.90 Å². The van der Waals surface area contributed by atoms with E-state index >= 15 is 0 Å². The van der Waals surface area contributed by atoms with Crippen molar-refractivity contribution in [2.45, 2.75) is 32.3 Å². The molecule has 1 aliphatic heterocycles. The molecule has 1 fully saturated rings. The highest BCUT2D eigenvalue weighted by atomic mass is 16.6. The molecular formula is C9H17NO3. The zero-order chi connectivity index (χ0) is 9.90. The van der Waals surface area contributed by atoms with Crippen molar-refractivity contribution in [3.63, 3.8) is 0 Å². The molecule has 1 saturated heterocycles. The maximum Gasteiger partial charge on any atom is 0.410 e. The van der Waals surface area contributed by atoms with Gasteiger partial charge in [0.15, 0.2) is 0 Å². The Labute approximate surface area is 78.5 Å². The van der Waals surface area contributed by atoms with Gasteiger partial charge in [0, 0.05) is 0 Å². The summed E-state index contributed by atoms with van der Waals surface area (Å²) in [4.78, 5) is 12.6. The summed E-state index contributed by atoms with van der Waals surface area (Å²) in [5.41, 5.74) is -0.780. The van der Waals surface area contributed by atoms with Crippen LogP contribution in [0.2, 0.25) is 0 Å². The molecule has 0 aromatic rings. The average molecular weight is 187 g/mol. The Hall–Kier alpha value is -0.770. The normalized spacial score (nSPS) is 21.5. The molecule has 0 bridgehead atoms. The quantitative estimate of drug-likeness (QED) is 0.714. The molecule has 1 heterocycles. The van der Waals surface area contributed by atoms with E-state index < -0.39 is 5.60 Å². The molecule has 13 heavy (non-hydrogen) atoms. The Morgan fingerprint density at radius 3 is 2.85 bits per heavy atom. The number of cyclic esters (lactones) is 1. The first-order chi connectivity index (χ1) is 6.05. The van der Waals surface area contributed by atoms with Crippen molar-refractivity contribution in [1.29, 1.82) is 0 Å². The van der Waals surface area contributed by atoms with Crippen molar-refractivity contribution in [2.24, 2.45) is 0 Å². The summed E-state index contributed by atoms with van der Waals surface area (Å²) >= 11 is 0. The van der Waals surface area contributed by atoms with Crippen LogP contribution >= 0.6 is 0 Å². The van der Waals surface area contributed by atoms with E-state index in [4.69, 9.17) is 4.74 Å². The number of nitrogens with zero attached hydrogens (tertiary/aromatic N) is 1. The Morgan fingerprint density at radius 2 is 2.38 bits per heavy atom. The van der Waals surface area contributed by atoms with Crippen LogP contribution in [0, 0.1) is 0 Å². The lowest BCUT2D eigenvalue weighted by Crippen LogP contribution is -2.41. The second-order valence-corrected chi connectivity index (χ2v) is 3.78. The van der Waals surface area contributed by atoms with Crippen molar-refractivity contribution >= 4 is 6.09 Å². The molecule has 4 nitrogen and oxygen atoms in total. The molecule has 0 saturated carbocycles. The van der Waals surface area contributed by atoms with E-state index in [0.29, 0.717) is 26.1 Å². The smallest absolute Gasteiger partial charge is 0.410 e. The number of β-amino-alcohol motifs (C(OH)–C–C–N with tert-alkyl or cyclic N) is 1. The summed E-state index contributed by atoms with van der Waals surface area (Å²) in [5, 5.41) is 9.84. The van der Waals surface area contributed by atoms with Gasteiger partial charge in [-0.25, -0.2) is 4.79 Å². The first-order valence-corrected chi connectivity index (χ1v) is 4.69. The Bertz CT molecular complexity index is 191. The van der Waals surface area contributed by atoms with Gasteiger partial charge < -0.3 is 14.7 Å². The first kappa shape index (κ1) is 10.3. The van der Waals surface area contributed by atoms with E-state index in [1.54, 1.807) is 11.8 Å². The first-order valence-electron chi connectivity index (χ1n) is 4.69. The standard InChI is InChI=1S/C9H17NO3/c1-3-4-9(2,12)7-10-5-6-13-8(10)11/h12H,3-7H2,1-2H3. The van der Waals surface area contributed by atoms with E-state index in [0.717, 1.165) is 6.42 Å². The van der Waals surface area contributed by atoms with Crippen molar-refractivity contribution in [2.75, 3.05) is 19.7 Å². The van der Waals surface area contributed by atoms with Crippen LogP contribution in [-0.4, -0.2) is 41.4 Å². The van der Waals surface area contributed by atoms with Crippen LogP contribution in [0.25, 0.3) is 0 Å². The van der Waals surface area contributed by atoms with Gasteiger partial charge in [0.1, 0.15) is 6.61 Å². The minimum absolute atomic E-state index is 0.309. The van der Waals surface area contributed by atoms with E-state index in [2.05, 4.69) is 0 Å². The number of hydrogen-bond acceptors (Lipinski definition) is 3. The molecule has 1 N–H and O–H groups in total. The maximum atomic E-state index is 11.0. The third-order valence-electron chi connectivity index (χ3n) is 2.17. The topological polar surface area (TPSA) is 49.8 Å². The summed E-state index contributed by atoms with van der Waals surface area (Å²) in [5.74, 6) is 0. The molecule has 76 valence electrons. The van der Waals surface area contributed by atoms with Gasteiger partial charge in [-0.15, -0.1) is 0 Å². The Kier molecular flexibility index (Phi) is 3.14. The van der Waals surface area contributed by atoms with E-state index in [1.807, 2.05) is 6.92 Å². The minimum atomic E-state index is -0.780. The molecule has 0 aliphatic carbocycles. The minimum Gasteiger partial charge on any atom is -0.448 e. The van der Waals surface area contributed by atoms with Crippen LogP contribution in [0.4, 0.5) is 4.79 Å². The van der Waals surface area contributed by atoms with Gasteiger partial charge in [-0.1, -0.05) is 13.3 Å². The molecule has 0 spiro atoms. The molecule has 1 aliphatic rings. The van der Waals surface area contributed by atoms with E-state index in [-0.39, 0.29) is 6.09 Å². The van der Waals surface area contributed by atoms with Crippen LogP contribution in [0.1, 0.15) is 26.7 Å². The summed E-state index contributed by atoms with van der Waals surface area (Å²) in [6.45, 7) is 5.18. The molecule has 0 aromatic heterocycles. The molecule has 4 heteroatoms. The average Bonchev–Trinajstić information content (AvgIpc) is 2.35. The lowest BCUT2D eigenvalue weighted by molar-refractivity contribution is 0.0240. The van der Waals surface area contributed by atoms with Gasteiger partial charge in [0.05, 0.1) is 18.7 Å². The molecule has 1 unspecified atom stereocenters. The van der Waals surface area contributed by atoms with E-state index in [1.165, 1.54) is 0 Å². The highest BCUT2D eigenvalue weighted by Crippen LogP contribution is 2.16. The SMILES string of the molecule is CCCC(C)(O)CN1CCOC1=O. The molecule has 1 rings (SSSR count). The molecular weight excluding hydrogens is 170 g/mol. The number of carbonyl (C=O) groups is 1. The summed E-state index contributed by atoms with van der Waals surface area (Å²) in [7, 11) is 0. The van der Waals surface area contributed by atoms with Gasteiger partial charge in [0.2, 0.25) is 0 Å². The fourth-order valence-corrected chi connectivity index (χ4v) is 1.60. The van der Waals surface area contributed by atoms with Crippen LogP contribution in [-0.2, 0) is 4.74 Å². The number of hydrogen-bond donors (Lipinski definition) is 1. The number of aliphatic hydroxyl groups is 1. The van der Waals surface area contributed by atoms with Crippen molar-refractivity contribution in [3.8, 4) is 0 Å². The summed E-state index contributed by atoms with van der Waals surface area (Å²) in [6, 6.07) is 0. The number of carbonyl (C=O) groups excluding carboxylic acids is 1. The van der Waals surface area contributed by atoms with Crippen molar-refractivity contribution in [1.82, 2.24) is 4.90 Å². The van der Waals surface area contributed by atoms with Crippen LogP contribution < -0.4 is 0 Å². The monoisotopic (exact) mass is 187 g/mol. The summed E-state index contributed by atoms with van der Waals surface area (Å²) < 4.78 is 4.77. The van der Waals surface area contributed by atoms with Gasteiger partial charge in [-0.3, -0.25) is 0 Å². The van der Waals surface area contributed by atoms with Gasteiger partial charge in [-0.2, -0.15) is 0 Å². The molecule has 1 atom stereocenters. The lowest BCUT2D eigenvalue weighted by atomic mass is 10.0. The van der Waals surface area contributed by atoms with Gasteiger partial charge in [-0.05, 0) is 13.3 Å². The zero-order valence-electron chi connectivity index (χ0n) is 8.25. The fourth-order valence-electron chi connectivity index (χ4n) is 1.60.